The van der Waals surface area contributed by atoms with E-state index < -0.39 is 26.1 Å². The fourth-order valence-corrected chi connectivity index (χ4v) is 2.09. The number of alkyl carbamates (subject to hydrolysis) is 1. The molecular formula is C13H18N2O5P+. The Hall–Kier alpha value is -1.98. The predicted octanol–water partition coefficient (Wildman–Crippen LogP) is 1.15. The Morgan fingerprint density at radius 3 is 2.62 bits per heavy atom. The van der Waals surface area contributed by atoms with Gasteiger partial charge in [0.15, 0.2) is 6.16 Å². The fourth-order valence-electron chi connectivity index (χ4n) is 1.53. The summed E-state index contributed by atoms with van der Waals surface area (Å²) >= 11 is 0. The summed E-state index contributed by atoms with van der Waals surface area (Å²) in [6.45, 7) is 1.48. The average molecular weight is 313 g/mol. The zero-order valence-corrected chi connectivity index (χ0v) is 12.5. The van der Waals surface area contributed by atoms with Crippen molar-refractivity contribution in [2.45, 2.75) is 19.6 Å². The number of ether oxygens (including phenoxy) is 1. The number of hydrogen-bond acceptors (Lipinski definition) is 4. The third-order valence-corrected chi connectivity index (χ3v) is 3.30. The number of rotatable bonds is 7. The van der Waals surface area contributed by atoms with Gasteiger partial charge in [0.2, 0.25) is 5.91 Å². The molecule has 0 saturated heterocycles. The first-order valence-corrected chi connectivity index (χ1v) is 7.74. The second kappa shape index (κ2) is 9.05. The Bertz CT molecular complexity index is 495. The summed E-state index contributed by atoms with van der Waals surface area (Å²) < 4.78 is 15.5. The van der Waals surface area contributed by atoms with Crippen molar-refractivity contribution >= 4 is 20.0 Å². The average Bonchev–Trinajstić information content (AvgIpc) is 2.43. The predicted molar refractivity (Wildman–Crippen MR) is 76.9 cm³/mol. The molecule has 0 aliphatic heterocycles. The van der Waals surface area contributed by atoms with Crippen molar-refractivity contribution in [3.05, 3.63) is 35.9 Å². The standard InChI is InChI=1S/C13H17N2O5P/c1-10(9-21(18)19)15-12(16)7-14-13(17)20-8-11-5-3-2-4-6-11/h2-6,10H,7-9H2,1H3,(H2-,14,15,16,17,18,19)/p+1. The maximum Gasteiger partial charge on any atom is 0.507 e. The molecule has 8 heteroatoms. The van der Waals surface area contributed by atoms with Crippen LogP contribution in [0.4, 0.5) is 4.79 Å². The molecular weight excluding hydrogens is 295 g/mol. The summed E-state index contributed by atoms with van der Waals surface area (Å²) in [5.74, 6) is -0.448. The molecule has 21 heavy (non-hydrogen) atoms. The molecule has 0 aliphatic rings. The number of carbonyl (C=O) groups is 2. The highest BCUT2D eigenvalue weighted by Gasteiger charge is 2.18. The van der Waals surface area contributed by atoms with Gasteiger partial charge in [-0.3, -0.25) is 4.79 Å². The van der Waals surface area contributed by atoms with Gasteiger partial charge in [-0.05, 0) is 17.1 Å². The van der Waals surface area contributed by atoms with Crippen LogP contribution in [0.25, 0.3) is 0 Å². The maximum atomic E-state index is 11.5. The molecule has 0 aromatic heterocycles. The third-order valence-electron chi connectivity index (χ3n) is 2.44. The van der Waals surface area contributed by atoms with Crippen LogP contribution in [0.2, 0.25) is 0 Å². The molecule has 2 unspecified atom stereocenters. The third kappa shape index (κ3) is 8.02. The molecule has 2 atom stereocenters. The second-order valence-corrected chi connectivity index (χ2v) is 5.49. The summed E-state index contributed by atoms with van der Waals surface area (Å²) in [5.41, 5.74) is 0.845. The second-order valence-electron chi connectivity index (χ2n) is 4.42. The fraction of sp³-hybridized carbons (Fsp3) is 0.385. The van der Waals surface area contributed by atoms with E-state index in [1.165, 1.54) is 0 Å². The molecule has 0 aliphatic carbocycles. The summed E-state index contributed by atoms with van der Waals surface area (Å²) in [6.07, 6.45) is -0.727. The molecule has 0 spiro atoms. The van der Waals surface area contributed by atoms with E-state index >= 15 is 0 Å². The molecule has 3 N–H and O–H groups in total. The molecule has 0 saturated carbocycles. The largest absolute Gasteiger partial charge is 0.507 e. The minimum Gasteiger partial charge on any atom is -0.445 e. The molecule has 0 heterocycles. The number of benzene rings is 1. The van der Waals surface area contributed by atoms with Crippen molar-refractivity contribution in [1.29, 1.82) is 0 Å². The lowest BCUT2D eigenvalue weighted by Crippen LogP contribution is -2.41. The van der Waals surface area contributed by atoms with Gasteiger partial charge in [-0.1, -0.05) is 30.3 Å². The van der Waals surface area contributed by atoms with Gasteiger partial charge in [-0.25, -0.2) is 4.79 Å². The van der Waals surface area contributed by atoms with E-state index in [0.717, 1.165) is 5.56 Å². The van der Waals surface area contributed by atoms with Crippen LogP contribution in [-0.4, -0.2) is 35.6 Å². The molecule has 7 nitrogen and oxygen atoms in total. The quantitative estimate of drug-likeness (QED) is 0.655. The van der Waals surface area contributed by atoms with Crippen LogP contribution in [0.1, 0.15) is 12.5 Å². The lowest BCUT2D eigenvalue weighted by atomic mass is 10.2. The van der Waals surface area contributed by atoms with Gasteiger partial charge in [-0.15, -0.1) is 0 Å². The van der Waals surface area contributed by atoms with Crippen LogP contribution in [0.5, 0.6) is 0 Å². The Morgan fingerprint density at radius 1 is 1.33 bits per heavy atom. The smallest absolute Gasteiger partial charge is 0.445 e. The van der Waals surface area contributed by atoms with Gasteiger partial charge in [-0.2, -0.15) is 4.89 Å². The monoisotopic (exact) mass is 313 g/mol. The van der Waals surface area contributed by atoms with Crippen molar-refractivity contribution in [1.82, 2.24) is 10.6 Å². The minimum absolute atomic E-state index is 0.0282. The summed E-state index contributed by atoms with van der Waals surface area (Å²) in [6, 6.07) is 8.72. The zero-order chi connectivity index (χ0) is 15.7. The van der Waals surface area contributed by atoms with E-state index in [-0.39, 0.29) is 19.3 Å². The van der Waals surface area contributed by atoms with Gasteiger partial charge in [0.25, 0.3) is 0 Å². The van der Waals surface area contributed by atoms with Crippen LogP contribution in [-0.2, 0) is 20.7 Å². The topological polar surface area (TPSA) is 105 Å². The normalized spacial score (nSPS) is 12.2. The first-order chi connectivity index (χ1) is 9.97. The molecule has 1 aromatic carbocycles. The van der Waals surface area contributed by atoms with E-state index in [4.69, 9.17) is 9.63 Å². The van der Waals surface area contributed by atoms with Crippen LogP contribution >= 0.6 is 8.03 Å². The Morgan fingerprint density at radius 2 is 2.00 bits per heavy atom. The lowest BCUT2D eigenvalue weighted by molar-refractivity contribution is -0.120. The van der Waals surface area contributed by atoms with Crippen molar-refractivity contribution in [2.24, 2.45) is 0 Å². The Balaban J connectivity index is 2.20. The Labute approximate surface area is 123 Å². The molecule has 114 valence electrons. The minimum atomic E-state index is -2.30. The van der Waals surface area contributed by atoms with Crippen molar-refractivity contribution in [3.8, 4) is 0 Å². The number of amides is 2. The molecule has 2 amide bonds. The molecule has 1 rings (SSSR count). The SMILES string of the molecule is CC(C[P+](=O)O)NC(=O)CNC(=O)OCc1ccccc1. The van der Waals surface area contributed by atoms with Gasteiger partial charge in [0, 0.05) is 0 Å². The summed E-state index contributed by atoms with van der Waals surface area (Å²) in [7, 11) is -2.30. The molecule has 1 aromatic rings. The number of hydrogen-bond donors (Lipinski definition) is 3. The molecule has 0 bridgehead atoms. The highest BCUT2D eigenvalue weighted by atomic mass is 31.1. The maximum absolute atomic E-state index is 11.5. The number of carbonyl (C=O) groups excluding carboxylic acids is 2. The zero-order valence-electron chi connectivity index (χ0n) is 11.6. The van der Waals surface area contributed by atoms with Crippen LogP contribution in [0, 0.1) is 0 Å². The van der Waals surface area contributed by atoms with Crippen molar-refractivity contribution in [3.63, 3.8) is 0 Å². The lowest BCUT2D eigenvalue weighted by Gasteiger charge is -2.10. The molecule has 0 radical (unpaired) electrons. The summed E-state index contributed by atoms with van der Waals surface area (Å²) in [5, 5.41) is 4.79. The van der Waals surface area contributed by atoms with Crippen molar-refractivity contribution < 1.29 is 23.8 Å². The van der Waals surface area contributed by atoms with E-state index in [1.807, 2.05) is 30.3 Å². The van der Waals surface area contributed by atoms with Gasteiger partial charge >= 0.3 is 14.1 Å². The first kappa shape index (κ1) is 17.1. The first-order valence-electron chi connectivity index (χ1n) is 6.35. The summed E-state index contributed by atoms with van der Waals surface area (Å²) in [4.78, 5) is 31.5. The van der Waals surface area contributed by atoms with Gasteiger partial charge in [0.05, 0.1) is 6.04 Å². The highest BCUT2D eigenvalue weighted by Crippen LogP contribution is 2.13. The van der Waals surface area contributed by atoms with E-state index in [0.29, 0.717) is 0 Å². The Kier molecular flexibility index (Phi) is 7.36. The van der Waals surface area contributed by atoms with Gasteiger partial charge < -0.3 is 15.4 Å². The van der Waals surface area contributed by atoms with Crippen molar-refractivity contribution in [2.75, 3.05) is 12.7 Å². The van der Waals surface area contributed by atoms with E-state index in [9.17, 15) is 14.2 Å². The van der Waals surface area contributed by atoms with Gasteiger partial charge in [0.1, 0.15) is 13.2 Å². The van der Waals surface area contributed by atoms with Crippen LogP contribution < -0.4 is 10.6 Å². The highest BCUT2D eigenvalue weighted by molar-refractivity contribution is 7.38. The van der Waals surface area contributed by atoms with Crippen LogP contribution in [0.15, 0.2) is 30.3 Å². The van der Waals surface area contributed by atoms with Crippen LogP contribution in [0.3, 0.4) is 0 Å². The van der Waals surface area contributed by atoms with E-state index in [2.05, 4.69) is 10.6 Å². The van der Waals surface area contributed by atoms with E-state index in [1.54, 1.807) is 6.92 Å². The molecule has 0 fully saturated rings. The number of nitrogens with one attached hydrogen (secondary N) is 2.